The summed E-state index contributed by atoms with van der Waals surface area (Å²) in [5.41, 5.74) is 4.19. The van der Waals surface area contributed by atoms with E-state index in [4.69, 9.17) is 0 Å². The molecule has 1 nitrogen and oxygen atoms in total. The van der Waals surface area contributed by atoms with Crippen molar-refractivity contribution in [2.75, 3.05) is 0 Å². The Hall–Kier alpha value is -2.02. The molecule has 0 amide bonds. The van der Waals surface area contributed by atoms with E-state index in [-0.39, 0.29) is 11.1 Å². The molecule has 0 radical (unpaired) electrons. The predicted molar refractivity (Wildman–Crippen MR) is 105 cm³/mol. The lowest BCUT2D eigenvalue weighted by molar-refractivity contribution is 0.0313. The van der Waals surface area contributed by atoms with Crippen LogP contribution in [-0.2, 0) is 0 Å². The van der Waals surface area contributed by atoms with E-state index in [1.165, 1.54) is 36.1 Å². The van der Waals surface area contributed by atoms with Gasteiger partial charge in [0.05, 0.1) is 0 Å². The van der Waals surface area contributed by atoms with E-state index >= 15 is 0 Å². The molecule has 2 aromatic rings. The van der Waals surface area contributed by atoms with Gasteiger partial charge in [-0.15, -0.1) is 0 Å². The second-order valence-electron chi connectivity index (χ2n) is 8.12. The molecule has 1 saturated heterocycles. The van der Waals surface area contributed by atoms with Crippen LogP contribution in [0.3, 0.4) is 0 Å². The van der Waals surface area contributed by atoms with E-state index in [1.54, 1.807) is 0 Å². The minimum Gasteiger partial charge on any atom is -0.361 e. The highest BCUT2D eigenvalue weighted by molar-refractivity contribution is 5.81. The Bertz CT molecular complexity index is 679. The maximum absolute atomic E-state index is 2.66. The number of piperidine rings is 1. The van der Waals surface area contributed by atoms with Crippen LogP contribution < -0.4 is 0 Å². The van der Waals surface area contributed by atoms with Crippen molar-refractivity contribution in [2.45, 2.75) is 58.0 Å². The smallest absolute Gasteiger partial charge is 0.0454 e. The first kappa shape index (κ1) is 16.8. The molecule has 0 aliphatic carbocycles. The molecule has 1 heterocycles. The van der Waals surface area contributed by atoms with E-state index in [1.807, 2.05) is 0 Å². The fourth-order valence-electron chi connectivity index (χ4n) is 4.24. The van der Waals surface area contributed by atoms with Crippen LogP contribution in [0.4, 0.5) is 0 Å². The number of likely N-dealkylation sites (tertiary alicyclic amines) is 1. The summed E-state index contributed by atoms with van der Waals surface area (Å²) in [6.07, 6.45) is 6.11. The Morgan fingerprint density at radius 3 is 1.83 bits per heavy atom. The Kier molecular flexibility index (Phi) is 4.54. The van der Waals surface area contributed by atoms with Crippen molar-refractivity contribution in [3.8, 4) is 0 Å². The molecule has 2 aromatic carbocycles. The SMILES string of the molecule is CC1(C)CCCC(C)(C)N1/C(=C/c1ccccc1)c1ccccc1. The molecule has 24 heavy (non-hydrogen) atoms. The van der Waals surface area contributed by atoms with E-state index < -0.39 is 0 Å². The van der Waals surface area contributed by atoms with E-state index in [0.717, 1.165) is 0 Å². The molecule has 0 N–H and O–H groups in total. The van der Waals surface area contributed by atoms with E-state index in [0.29, 0.717) is 0 Å². The van der Waals surface area contributed by atoms with Crippen molar-refractivity contribution in [1.29, 1.82) is 0 Å². The summed E-state index contributed by atoms with van der Waals surface area (Å²) in [4.78, 5) is 2.66. The number of hydrogen-bond donors (Lipinski definition) is 0. The van der Waals surface area contributed by atoms with Crippen molar-refractivity contribution >= 4 is 11.8 Å². The van der Waals surface area contributed by atoms with Gasteiger partial charge in [0.1, 0.15) is 0 Å². The molecule has 0 saturated carbocycles. The fourth-order valence-corrected chi connectivity index (χ4v) is 4.24. The zero-order valence-electron chi connectivity index (χ0n) is 15.4. The van der Waals surface area contributed by atoms with Crippen LogP contribution in [0.5, 0.6) is 0 Å². The highest BCUT2D eigenvalue weighted by Crippen LogP contribution is 2.44. The van der Waals surface area contributed by atoms with Crippen LogP contribution in [0.1, 0.15) is 58.1 Å². The fraction of sp³-hybridized carbons (Fsp3) is 0.391. The van der Waals surface area contributed by atoms with Gasteiger partial charge in [0.2, 0.25) is 0 Å². The summed E-state index contributed by atoms with van der Waals surface area (Å²) in [7, 11) is 0. The van der Waals surface area contributed by atoms with Crippen molar-refractivity contribution in [3.63, 3.8) is 0 Å². The summed E-state index contributed by atoms with van der Waals surface area (Å²) in [5, 5.41) is 0. The molecule has 1 aliphatic rings. The molecule has 0 atom stereocenters. The van der Waals surface area contributed by atoms with E-state index in [2.05, 4.69) is 99.3 Å². The lowest BCUT2D eigenvalue weighted by Gasteiger charge is -2.55. The number of nitrogens with zero attached hydrogens (tertiary/aromatic N) is 1. The number of benzene rings is 2. The Balaban J connectivity index is 2.16. The molecular formula is C23H29N. The van der Waals surface area contributed by atoms with Crippen molar-refractivity contribution < 1.29 is 0 Å². The molecule has 1 aliphatic heterocycles. The zero-order valence-corrected chi connectivity index (χ0v) is 15.4. The highest BCUT2D eigenvalue weighted by Gasteiger charge is 2.42. The molecule has 0 unspecified atom stereocenters. The molecule has 0 spiro atoms. The topological polar surface area (TPSA) is 3.24 Å². The molecule has 3 rings (SSSR count). The normalized spacial score (nSPS) is 20.0. The van der Waals surface area contributed by atoms with Gasteiger partial charge in [-0.25, -0.2) is 0 Å². The second kappa shape index (κ2) is 6.47. The standard InChI is InChI=1S/C23H29N/c1-22(2)16-11-17-23(3,4)24(22)21(20-14-9-6-10-15-20)18-19-12-7-5-8-13-19/h5-10,12-15,18H,11,16-17H2,1-4H3/b21-18+. The van der Waals surface area contributed by atoms with Gasteiger partial charge in [-0.1, -0.05) is 60.7 Å². The average molecular weight is 319 g/mol. The van der Waals surface area contributed by atoms with Gasteiger partial charge in [0, 0.05) is 16.8 Å². The lowest BCUT2D eigenvalue weighted by atomic mass is 9.78. The molecule has 1 heteroatoms. The van der Waals surface area contributed by atoms with Gasteiger partial charge in [-0.3, -0.25) is 0 Å². The summed E-state index contributed by atoms with van der Waals surface area (Å²) in [6, 6.07) is 21.5. The Labute approximate surface area is 147 Å². The first-order valence-corrected chi connectivity index (χ1v) is 9.03. The summed E-state index contributed by atoms with van der Waals surface area (Å²) in [5.74, 6) is 0. The van der Waals surface area contributed by atoms with Crippen LogP contribution >= 0.6 is 0 Å². The molecule has 1 fully saturated rings. The van der Waals surface area contributed by atoms with Crippen LogP contribution in [0.2, 0.25) is 0 Å². The average Bonchev–Trinajstić information content (AvgIpc) is 2.54. The van der Waals surface area contributed by atoms with Gasteiger partial charge in [0.15, 0.2) is 0 Å². The predicted octanol–water partition coefficient (Wildman–Crippen LogP) is 6.23. The highest BCUT2D eigenvalue weighted by atomic mass is 15.3. The third kappa shape index (κ3) is 3.40. The van der Waals surface area contributed by atoms with Gasteiger partial charge < -0.3 is 4.90 Å². The van der Waals surface area contributed by atoms with Gasteiger partial charge >= 0.3 is 0 Å². The second-order valence-corrected chi connectivity index (χ2v) is 8.12. The molecule has 126 valence electrons. The Morgan fingerprint density at radius 1 is 0.792 bits per heavy atom. The maximum atomic E-state index is 2.66. The summed E-state index contributed by atoms with van der Waals surface area (Å²) < 4.78 is 0. The third-order valence-corrected chi connectivity index (χ3v) is 5.20. The van der Waals surface area contributed by atoms with Crippen LogP contribution in [0.15, 0.2) is 60.7 Å². The number of hydrogen-bond acceptors (Lipinski definition) is 1. The van der Waals surface area contributed by atoms with Gasteiger partial charge in [-0.2, -0.15) is 0 Å². The zero-order chi connectivity index (χ0) is 17.2. The van der Waals surface area contributed by atoms with E-state index in [9.17, 15) is 0 Å². The number of rotatable bonds is 3. The van der Waals surface area contributed by atoms with Crippen molar-refractivity contribution in [3.05, 3.63) is 71.8 Å². The van der Waals surface area contributed by atoms with Crippen molar-refractivity contribution in [2.24, 2.45) is 0 Å². The summed E-state index contributed by atoms with van der Waals surface area (Å²) >= 11 is 0. The van der Waals surface area contributed by atoms with Gasteiger partial charge in [-0.05, 0) is 64.2 Å². The molecular weight excluding hydrogens is 290 g/mol. The monoisotopic (exact) mass is 319 g/mol. The van der Waals surface area contributed by atoms with Crippen molar-refractivity contribution in [1.82, 2.24) is 4.90 Å². The van der Waals surface area contributed by atoms with Crippen LogP contribution in [0, 0.1) is 0 Å². The Morgan fingerprint density at radius 2 is 1.29 bits per heavy atom. The van der Waals surface area contributed by atoms with Crippen LogP contribution in [-0.4, -0.2) is 16.0 Å². The minimum atomic E-state index is 0.151. The first-order valence-electron chi connectivity index (χ1n) is 9.03. The largest absolute Gasteiger partial charge is 0.361 e. The summed E-state index contributed by atoms with van der Waals surface area (Å²) in [6.45, 7) is 9.54. The lowest BCUT2D eigenvalue weighted by Crippen LogP contribution is -2.57. The first-order chi connectivity index (χ1) is 11.4. The maximum Gasteiger partial charge on any atom is 0.0454 e. The quantitative estimate of drug-likeness (QED) is 0.606. The minimum absolute atomic E-state index is 0.151. The van der Waals surface area contributed by atoms with Gasteiger partial charge in [0.25, 0.3) is 0 Å². The van der Waals surface area contributed by atoms with Crippen LogP contribution in [0.25, 0.3) is 11.8 Å². The molecule has 0 aromatic heterocycles. The third-order valence-electron chi connectivity index (χ3n) is 5.20. The molecule has 0 bridgehead atoms.